The fourth-order valence-corrected chi connectivity index (χ4v) is 1.51. The van der Waals surface area contributed by atoms with Gasteiger partial charge in [-0.2, -0.15) is 0 Å². The normalized spacial score (nSPS) is 13.0. The summed E-state index contributed by atoms with van der Waals surface area (Å²) in [5.74, 6) is -0.250. The van der Waals surface area contributed by atoms with E-state index >= 15 is 0 Å². The highest BCUT2D eigenvalue weighted by molar-refractivity contribution is 5.75. The summed E-state index contributed by atoms with van der Waals surface area (Å²) < 4.78 is 0. The van der Waals surface area contributed by atoms with Gasteiger partial charge in [0, 0.05) is 5.92 Å². The Morgan fingerprint density at radius 1 is 1.20 bits per heavy atom. The van der Waals surface area contributed by atoms with E-state index in [1.165, 1.54) is 19.3 Å². The predicted octanol–water partition coefficient (Wildman–Crippen LogP) is 2.30. The van der Waals surface area contributed by atoms with Crippen molar-refractivity contribution in [3.8, 4) is 0 Å². The summed E-state index contributed by atoms with van der Waals surface area (Å²) in [6.45, 7) is 3.53. The average molecular weight is 205 g/mol. The molecule has 0 saturated heterocycles. The fraction of sp³-hybridized carbons (Fsp3) is 0.462. The minimum absolute atomic E-state index is 0.00926. The first kappa shape index (κ1) is 11.8. The molecule has 0 bridgehead atoms. The van der Waals surface area contributed by atoms with Crippen LogP contribution in [0, 0.1) is 5.92 Å². The third-order valence-electron chi connectivity index (χ3n) is 2.58. The molecule has 82 valence electrons. The number of primary amides is 1. The van der Waals surface area contributed by atoms with Crippen molar-refractivity contribution in [3.63, 3.8) is 0 Å². The van der Waals surface area contributed by atoms with E-state index in [1.807, 2.05) is 0 Å². The van der Waals surface area contributed by atoms with Gasteiger partial charge in [-0.1, -0.05) is 38.1 Å². The number of benzene rings is 1. The largest absolute Gasteiger partial charge is 0.369 e. The Morgan fingerprint density at radius 2 is 1.60 bits per heavy atom. The molecule has 0 aliphatic heterocycles. The molecular formula is C13H19NO. The smallest absolute Gasteiger partial charge is 0.219 e. The third-order valence-corrected chi connectivity index (χ3v) is 2.58. The quantitative estimate of drug-likeness (QED) is 0.751. The van der Waals surface area contributed by atoms with Crippen LogP contribution >= 0.6 is 0 Å². The molecule has 2 nitrogen and oxygen atoms in total. The van der Waals surface area contributed by atoms with Crippen LogP contribution in [-0.2, 0) is 17.6 Å². The Bertz CT molecular complexity index is 308. The van der Waals surface area contributed by atoms with Gasteiger partial charge in [-0.25, -0.2) is 0 Å². The number of hydrogen-bond acceptors (Lipinski definition) is 1. The number of fused-ring (bicyclic) bond motifs is 1. The van der Waals surface area contributed by atoms with Gasteiger partial charge in [-0.3, -0.25) is 4.79 Å². The highest BCUT2D eigenvalue weighted by Crippen LogP contribution is 2.20. The Kier molecular flexibility index (Phi) is 4.35. The lowest BCUT2D eigenvalue weighted by molar-refractivity contribution is -0.120. The molecule has 0 spiro atoms. The summed E-state index contributed by atoms with van der Waals surface area (Å²) in [6.07, 6.45) is 3.96. The van der Waals surface area contributed by atoms with Crippen LogP contribution in [-0.4, -0.2) is 5.91 Å². The van der Waals surface area contributed by atoms with Crippen LogP contribution in [0.15, 0.2) is 24.3 Å². The molecule has 2 heteroatoms. The molecule has 1 aromatic rings. The molecule has 0 saturated carbocycles. The summed E-state index contributed by atoms with van der Waals surface area (Å²) in [7, 11) is 0. The Balaban J connectivity index is 0.000000167. The first-order valence-electron chi connectivity index (χ1n) is 5.47. The zero-order chi connectivity index (χ0) is 11.3. The number of hydrogen-bond donors (Lipinski definition) is 1. The van der Waals surface area contributed by atoms with Gasteiger partial charge in [0.15, 0.2) is 0 Å². The second kappa shape index (κ2) is 5.54. The third kappa shape index (κ3) is 3.74. The molecule has 0 fully saturated rings. The van der Waals surface area contributed by atoms with Crippen LogP contribution in [0.5, 0.6) is 0 Å². The zero-order valence-electron chi connectivity index (χ0n) is 9.49. The van der Waals surface area contributed by atoms with Crippen LogP contribution in [0.2, 0.25) is 0 Å². The molecule has 0 aromatic heterocycles. The Hall–Kier alpha value is -1.31. The lowest BCUT2D eigenvalue weighted by Gasteiger charge is -1.93. The van der Waals surface area contributed by atoms with Crippen molar-refractivity contribution < 1.29 is 4.79 Å². The van der Waals surface area contributed by atoms with Crippen molar-refractivity contribution in [3.05, 3.63) is 35.4 Å². The van der Waals surface area contributed by atoms with Crippen molar-refractivity contribution in [2.24, 2.45) is 11.7 Å². The van der Waals surface area contributed by atoms with Gasteiger partial charge >= 0.3 is 0 Å². The number of rotatable bonds is 1. The van der Waals surface area contributed by atoms with E-state index in [0.29, 0.717) is 0 Å². The summed E-state index contributed by atoms with van der Waals surface area (Å²) >= 11 is 0. The Morgan fingerprint density at radius 3 is 1.93 bits per heavy atom. The average Bonchev–Trinajstić information content (AvgIpc) is 2.66. The highest BCUT2D eigenvalue weighted by Gasteiger charge is 2.07. The number of aryl methyl sites for hydroxylation is 2. The number of nitrogens with two attached hydrogens (primary N) is 1. The summed E-state index contributed by atoms with van der Waals surface area (Å²) in [5, 5.41) is 0. The lowest BCUT2D eigenvalue weighted by Crippen LogP contribution is -2.17. The molecule has 15 heavy (non-hydrogen) atoms. The maximum absolute atomic E-state index is 9.92. The zero-order valence-corrected chi connectivity index (χ0v) is 9.49. The summed E-state index contributed by atoms with van der Waals surface area (Å²) in [5.41, 5.74) is 7.93. The van der Waals surface area contributed by atoms with Gasteiger partial charge in [0.25, 0.3) is 0 Å². The van der Waals surface area contributed by atoms with E-state index in [0.717, 1.165) is 0 Å². The van der Waals surface area contributed by atoms with Crippen molar-refractivity contribution in [1.29, 1.82) is 0 Å². The predicted molar refractivity (Wildman–Crippen MR) is 62.5 cm³/mol. The topological polar surface area (TPSA) is 43.1 Å². The molecule has 1 aliphatic carbocycles. The van der Waals surface area contributed by atoms with Crippen LogP contribution < -0.4 is 5.73 Å². The molecule has 0 heterocycles. The lowest BCUT2D eigenvalue weighted by atomic mass is 10.1. The minimum atomic E-state index is -0.241. The van der Waals surface area contributed by atoms with Crippen LogP contribution in [0.3, 0.4) is 0 Å². The second-order valence-corrected chi connectivity index (χ2v) is 4.18. The van der Waals surface area contributed by atoms with Gasteiger partial charge in [0.05, 0.1) is 0 Å². The van der Waals surface area contributed by atoms with Crippen molar-refractivity contribution >= 4 is 5.91 Å². The monoisotopic (exact) mass is 205 g/mol. The van der Waals surface area contributed by atoms with Crippen LogP contribution in [0.4, 0.5) is 0 Å². The van der Waals surface area contributed by atoms with Crippen molar-refractivity contribution in [2.75, 3.05) is 0 Å². The number of amides is 1. The van der Waals surface area contributed by atoms with E-state index in [-0.39, 0.29) is 11.8 Å². The molecule has 2 N–H and O–H groups in total. The number of carbonyl (C=O) groups excluding carboxylic acids is 1. The maximum atomic E-state index is 9.92. The molecular weight excluding hydrogens is 186 g/mol. The van der Waals surface area contributed by atoms with Gasteiger partial charge in [0.2, 0.25) is 5.91 Å². The van der Waals surface area contributed by atoms with Crippen molar-refractivity contribution in [1.82, 2.24) is 0 Å². The van der Waals surface area contributed by atoms with Gasteiger partial charge in [-0.05, 0) is 30.4 Å². The fourth-order valence-electron chi connectivity index (χ4n) is 1.51. The van der Waals surface area contributed by atoms with E-state index in [9.17, 15) is 4.79 Å². The standard InChI is InChI=1S/C9H10.C4H9NO/c1-2-5-9-7-3-6-8(9)4-1;1-3(2)4(5)6/h1-2,4-5H,3,6-7H2;3H,1-2H3,(H2,5,6). The van der Waals surface area contributed by atoms with Gasteiger partial charge < -0.3 is 5.73 Å². The SMILES string of the molecule is CC(C)C(N)=O.c1ccc2c(c1)CCC2. The molecule has 0 atom stereocenters. The van der Waals surface area contributed by atoms with E-state index < -0.39 is 0 Å². The maximum Gasteiger partial charge on any atom is 0.219 e. The molecule has 1 aromatic carbocycles. The van der Waals surface area contributed by atoms with E-state index in [4.69, 9.17) is 5.73 Å². The molecule has 0 unspecified atom stereocenters. The number of carbonyl (C=O) groups is 1. The first-order valence-corrected chi connectivity index (χ1v) is 5.47. The molecule has 1 amide bonds. The van der Waals surface area contributed by atoms with E-state index in [2.05, 4.69) is 24.3 Å². The van der Waals surface area contributed by atoms with Gasteiger partial charge in [0.1, 0.15) is 0 Å². The Labute approximate surface area is 91.5 Å². The summed E-state index contributed by atoms with van der Waals surface area (Å²) in [4.78, 5) is 9.92. The summed E-state index contributed by atoms with van der Waals surface area (Å²) in [6, 6.07) is 8.74. The van der Waals surface area contributed by atoms with E-state index in [1.54, 1.807) is 25.0 Å². The van der Waals surface area contributed by atoms with Crippen molar-refractivity contribution in [2.45, 2.75) is 33.1 Å². The molecule has 2 rings (SSSR count). The van der Waals surface area contributed by atoms with Crippen LogP contribution in [0.25, 0.3) is 0 Å². The van der Waals surface area contributed by atoms with Gasteiger partial charge in [-0.15, -0.1) is 0 Å². The minimum Gasteiger partial charge on any atom is -0.369 e. The van der Waals surface area contributed by atoms with Crippen LogP contribution in [0.1, 0.15) is 31.4 Å². The highest BCUT2D eigenvalue weighted by atomic mass is 16.1. The molecule has 1 aliphatic rings. The first-order chi connectivity index (χ1) is 7.11. The second-order valence-electron chi connectivity index (χ2n) is 4.18. The molecule has 0 radical (unpaired) electrons.